The van der Waals surface area contributed by atoms with Gasteiger partial charge in [0, 0.05) is 25.3 Å². The predicted molar refractivity (Wildman–Crippen MR) is 120 cm³/mol. The van der Waals surface area contributed by atoms with Crippen molar-refractivity contribution in [2.24, 2.45) is 5.92 Å². The highest BCUT2D eigenvalue weighted by Crippen LogP contribution is 2.38. The molecule has 4 rings (SSSR count). The van der Waals surface area contributed by atoms with Crippen LogP contribution < -0.4 is 9.47 Å². The van der Waals surface area contributed by atoms with Crippen molar-refractivity contribution in [2.45, 2.75) is 19.4 Å². The maximum Gasteiger partial charge on any atom is 0.278 e. The van der Waals surface area contributed by atoms with Crippen LogP contribution in [-0.4, -0.2) is 60.6 Å². The molecule has 1 saturated heterocycles. The van der Waals surface area contributed by atoms with E-state index in [0.717, 1.165) is 17.7 Å². The van der Waals surface area contributed by atoms with Gasteiger partial charge in [0.05, 0.1) is 26.3 Å². The molecule has 0 spiro atoms. The van der Waals surface area contributed by atoms with E-state index in [-0.39, 0.29) is 35.9 Å². The van der Waals surface area contributed by atoms with Crippen LogP contribution in [0, 0.1) is 11.7 Å². The van der Waals surface area contributed by atoms with Crippen LogP contribution in [0.4, 0.5) is 4.39 Å². The summed E-state index contributed by atoms with van der Waals surface area (Å²) in [6.07, 6.45) is 1.65. The molecule has 8 heteroatoms. The second-order valence-electron chi connectivity index (χ2n) is 8.22. The summed E-state index contributed by atoms with van der Waals surface area (Å²) in [5.41, 5.74) is 1.31. The topological polar surface area (TPSA) is 79.3 Å². The van der Waals surface area contributed by atoms with Crippen LogP contribution in [0.25, 0.3) is 5.57 Å². The Kier molecular flexibility index (Phi) is 6.65. The number of hydrogen-bond donors (Lipinski definition) is 1. The number of likely N-dealkylation sites (tertiary alicyclic amines) is 1. The standard InChI is InChI=1S/C25H27FN2O5/c1-32-20-10-9-17(12-21(20)33-2)22-23(27-11-5-6-16(13-27)15-29)25(31)28(24(22)30)14-18-7-3-4-8-19(18)26/h3-4,7-10,12,16,29H,5-6,11,13-15H2,1-2H3. The summed E-state index contributed by atoms with van der Waals surface area (Å²) in [5.74, 6) is -0.481. The van der Waals surface area contributed by atoms with Gasteiger partial charge < -0.3 is 19.5 Å². The zero-order valence-electron chi connectivity index (χ0n) is 18.7. The molecule has 2 aromatic carbocycles. The summed E-state index contributed by atoms with van der Waals surface area (Å²) < 4.78 is 25.0. The van der Waals surface area contributed by atoms with Gasteiger partial charge >= 0.3 is 0 Å². The number of aliphatic hydroxyl groups excluding tert-OH is 1. The molecule has 1 fully saturated rings. The molecular formula is C25H27FN2O5. The minimum atomic E-state index is -0.489. The van der Waals surface area contributed by atoms with Crippen molar-refractivity contribution in [3.05, 3.63) is 65.1 Å². The number of amides is 2. The van der Waals surface area contributed by atoms with Crippen molar-refractivity contribution >= 4 is 17.4 Å². The third-order valence-electron chi connectivity index (χ3n) is 6.20. The Morgan fingerprint density at radius 1 is 1.06 bits per heavy atom. The number of carbonyl (C=O) groups excluding carboxylic acids is 2. The van der Waals surface area contributed by atoms with Gasteiger partial charge in [0.2, 0.25) is 0 Å². The van der Waals surface area contributed by atoms with Crippen LogP contribution in [0.1, 0.15) is 24.0 Å². The maximum absolute atomic E-state index is 14.3. The molecular weight excluding hydrogens is 427 g/mol. The summed E-state index contributed by atoms with van der Waals surface area (Å²) in [4.78, 5) is 30.1. The average Bonchev–Trinajstić information content (AvgIpc) is 3.09. The van der Waals surface area contributed by atoms with E-state index in [4.69, 9.17) is 9.47 Å². The third kappa shape index (κ3) is 4.30. The number of imide groups is 1. The van der Waals surface area contributed by atoms with E-state index in [9.17, 15) is 19.1 Å². The molecule has 2 heterocycles. The van der Waals surface area contributed by atoms with Crippen LogP contribution in [0.2, 0.25) is 0 Å². The van der Waals surface area contributed by atoms with E-state index >= 15 is 0 Å². The van der Waals surface area contributed by atoms with E-state index in [1.807, 2.05) is 4.90 Å². The van der Waals surface area contributed by atoms with E-state index in [1.165, 1.54) is 20.3 Å². The number of aliphatic hydroxyl groups is 1. The molecule has 2 aliphatic heterocycles. The molecule has 2 amide bonds. The van der Waals surface area contributed by atoms with Crippen LogP contribution in [0.3, 0.4) is 0 Å². The second-order valence-corrected chi connectivity index (χ2v) is 8.22. The fraction of sp³-hybridized carbons (Fsp3) is 0.360. The fourth-order valence-electron chi connectivity index (χ4n) is 4.47. The van der Waals surface area contributed by atoms with Crippen molar-refractivity contribution in [1.29, 1.82) is 0 Å². The molecule has 0 radical (unpaired) electrons. The highest BCUT2D eigenvalue weighted by Gasteiger charge is 2.43. The Balaban J connectivity index is 1.78. The van der Waals surface area contributed by atoms with E-state index in [1.54, 1.807) is 36.4 Å². The number of nitrogens with zero attached hydrogens (tertiary/aromatic N) is 2. The normalized spacial score (nSPS) is 18.8. The van der Waals surface area contributed by atoms with E-state index in [2.05, 4.69) is 0 Å². The second kappa shape index (κ2) is 9.62. The zero-order valence-corrected chi connectivity index (χ0v) is 18.7. The summed E-state index contributed by atoms with van der Waals surface area (Å²) in [5, 5.41) is 9.68. The first kappa shape index (κ1) is 22.8. The summed E-state index contributed by atoms with van der Waals surface area (Å²) in [7, 11) is 3.02. The smallest absolute Gasteiger partial charge is 0.278 e. The molecule has 0 aliphatic carbocycles. The van der Waals surface area contributed by atoms with Gasteiger partial charge in [-0.15, -0.1) is 0 Å². The summed E-state index contributed by atoms with van der Waals surface area (Å²) >= 11 is 0. The first-order valence-corrected chi connectivity index (χ1v) is 10.9. The molecule has 1 atom stereocenters. The summed E-state index contributed by atoms with van der Waals surface area (Å²) in [6, 6.07) is 11.2. The number of rotatable bonds is 7. The molecule has 7 nitrogen and oxygen atoms in total. The number of methoxy groups -OCH3 is 2. The highest BCUT2D eigenvalue weighted by molar-refractivity contribution is 6.35. The Morgan fingerprint density at radius 2 is 1.82 bits per heavy atom. The average molecular weight is 454 g/mol. The first-order valence-electron chi connectivity index (χ1n) is 10.9. The van der Waals surface area contributed by atoms with Crippen molar-refractivity contribution < 1.29 is 28.6 Å². The number of benzene rings is 2. The van der Waals surface area contributed by atoms with Crippen LogP contribution in [0.5, 0.6) is 11.5 Å². The number of piperidine rings is 1. The minimum absolute atomic E-state index is 0.0105. The number of ether oxygens (including phenoxy) is 2. The lowest BCUT2D eigenvalue weighted by atomic mass is 9.96. The molecule has 0 aromatic heterocycles. The molecule has 0 bridgehead atoms. The van der Waals surface area contributed by atoms with Gasteiger partial charge in [-0.25, -0.2) is 4.39 Å². The van der Waals surface area contributed by atoms with Gasteiger partial charge in [0.1, 0.15) is 11.5 Å². The molecule has 2 aromatic rings. The molecule has 174 valence electrons. The van der Waals surface area contributed by atoms with Crippen molar-refractivity contribution in [2.75, 3.05) is 33.9 Å². The van der Waals surface area contributed by atoms with E-state index < -0.39 is 17.6 Å². The molecule has 2 aliphatic rings. The van der Waals surface area contributed by atoms with Crippen molar-refractivity contribution in [3.8, 4) is 11.5 Å². The van der Waals surface area contributed by atoms with Crippen molar-refractivity contribution in [1.82, 2.24) is 9.80 Å². The monoisotopic (exact) mass is 454 g/mol. The van der Waals surface area contributed by atoms with Gasteiger partial charge in [-0.1, -0.05) is 24.3 Å². The Hall–Kier alpha value is -3.39. The largest absolute Gasteiger partial charge is 0.493 e. The lowest BCUT2D eigenvalue weighted by molar-refractivity contribution is -0.138. The number of carbonyl (C=O) groups is 2. The quantitative estimate of drug-likeness (QED) is 0.649. The highest BCUT2D eigenvalue weighted by atomic mass is 19.1. The Morgan fingerprint density at radius 3 is 2.52 bits per heavy atom. The lowest BCUT2D eigenvalue weighted by Gasteiger charge is -2.34. The van der Waals surface area contributed by atoms with Gasteiger partial charge in [0.15, 0.2) is 11.5 Å². The maximum atomic E-state index is 14.3. The fourth-order valence-corrected chi connectivity index (χ4v) is 4.47. The summed E-state index contributed by atoms with van der Waals surface area (Å²) in [6.45, 7) is 0.906. The Labute approximate surface area is 192 Å². The third-order valence-corrected chi connectivity index (χ3v) is 6.20. The molecule has 0 saturated carbocycles. The SMILES string of the molecule is COc1ccc(C2=C(N3CCCC(CO)C3)C(=O)N(Cc3ccccc3F)C2=O)cc1OC. The minimum Gasteiger partial charge on any atom is -0.493 e. The van der Waals surface area contributed by atoms with E-state index in [0.29, 0.717) is 30.2 Å². The van der Waals surface area contributed by atoms with Crippen molar-refractivity contribution in [3.63, 3.8) is 0 Å². The van der Waals surface area contributed by atoms with Crippen LogP contribution in [0.15, 0.2) is 48.2 Å². The Bertz CT molecular complexity index is 1100. The van der Waals surface area contributed by atoms with Crippen LogP contribution in [-0.2, 0) is 16.1 Å². The predicted octanol–water partition coefficient (Wildman–Crippen LogP) is 2.83. The van der Waals surface area contributed by atoms with Gasteiger partial charge in [-0.05, 0) is 42.5 Å². The number of hydrogen-bond acceptors (Lipinski definition) is 6. The first-order chi connectivity index (χ1) is 16.0. The van der Waals surface area contributed by atoms with Crippen LogP contribution >= 0.6 is 0 Å². The molecule has 1 unspecified atom stereocenters. The van der Waals surface area contributed by atoms with Gasteiger partial charge in [0.25, 0.3) is 11.8 Å². The van der Waals surface area contributed by atoms with Gasteiger partial charge in [-0.2, -0.15) is 0 Å². The zero-order chi connectivity index (χ0) is 23.5. The number of halogens is 1. The lowest BCUT2D eigenvalue weighted by Crippen LogP contribution is -2.40. The molecule has 33 heavy (non-hydrogen) atoms. The van der Waals surface area contributed by atoms with Gasteiger partial charge in [-0.3, -0.25) is 14.5 Å². The molecule has 1 N–H and O–H groups in total.